The summed E-state index contributed by atoms with van der Waals surface area (Å²) in [4.78, 5) is 25.2. The number of rotatable bonds is 4. The Bertz CT molecular complexity index is 556. The monoisotopic (exact) mass is 290 g/mol. The lowest BCUT2D eigenvalue weighted by atomic mass is 10.0. The molecule has 1 aromatic carbocycles. The lowest BCUT2D eigenvalue weighted by Crippen LogP contribution is -2.43. The number of amides is 1. The fourth-order valence-corrected chi connectivity index (χ4v) is 2.85. The van der Waals surface area contributed by atoms with Gasteiger partial charge in [0, 0.05) is 5.69 Å². The number of aryl methyl sites for hydroxylation is 2. The lowest BCUT2D eigenvalue weighted by Gasteiger charge is -2.22. The molecule has 21 heavy (non-hydrogen) atoms. The summed E-state index contributed by atoms with van der Waals surface area (Å²) in [5.74, 6) is -0.931. The highest BCUT2D eigenvalue weighted by Gasteiger charge is 2.37. The molecule has 2 atom stereocenters. The average Bonchev–Trinajstić information content (AvgIpc) is 2.75. The van der Waals surface area contributed by atoms with Crippen LogP contribution in [0, 0.1) is 19.8 Å². The highest BCUT2D eigenvalue weighted by Crippen LogP contribution is 2.24. The number of aliphatic carboxylic acids is 1. The topological polar surface area (TPSA) is 69.6 Å². The van der Waals surface area contributed by atoms with Gasteiger partial charge >= 0.3 is 5.97 Å². The molecule has 1 aromatic rings. The maximum absolute atomic E-state index is 12.2. The lowest BCUT2D eigenvalue weighted by molar-refractivity contribution is -0.143. The number of carbonyl (C=O) groups excluding carboxylic acids is 1. The number of anilines is 1. The Morgan fingerprint density at radius 2 is 2.10 bits per heavy atom. The predicted octanol–water partition coefficient (Wildman–Crippen LogP) is 2.04. The normalized spacial score (nSPS) is 22.2. The number of carboxylic acid groups (broad SMARTS) is 1. The zero-order valence-corrected chi connectivity index (χ0v) is 12.7. The molecule has 0 bridgehead atoms. The molecule has 114 valence electrons. The molecule has 0 aliphatic carbocycles. The van der Waals surface area contributed by atoms with Gasteiger partial charge in [0.25, 0.3) is 0 Å². The molecule has 0 radical (unpaired) electrons. The van der Waals surface area contributed by atoms with Gasteiger partial charge in [-0.25, -0.2) is 0 Å². The van der Waals surface area contributed by atoms with E-state index in [4.69, 9.17) is 0 Å². The van der Waals surface area contributed by atoms with Gasteiger partial charge in [-0.3, -0.25) is 14.5 Å². The minimum Gasteiger partial charge on any atom is -0.480 e. The van der Waals surface area contributed by atoms with E-state index in [1.165, 1.54) is 0 Å². The number of hydrogen-bond acceptors (Lipinski definition) is 3. The second-order valence-electron chi connectivity index (χ2n) is 5.89. The molecule has 2 rings (SSSR count). The molecule has 5 nitrogen and oxygen atoms in total. The van der Waals surface area contributed by atoms with Crippen LogP contribution in [-0.4, -0.2) is 41.0 Å². The van der Waals surface area contributed by atoms with Crippen molar-refractivity contribution in [3.63, 3.8) is 0 Å². The Morgan fingerprint density at radius 1 is 1.38 bits per heavy atom. The number of carboxylic acids is 1. The standard InChI is InChI=1S/C16H22N2O3/c1-10-4-5-11(2)13(8-10)17-14(19)9-18-7-6-12(3)15(18)16(20)21/h4-5,8,12,15H,6-7,9H2,1-3H3,(H,17,19)(H,20,21). The van der Waals surface area contributed by atoms with Crippen molar-refractivity contribution in [2.24, 2.45) is 5.92 Å². The number of likely N-dealkylation sites (tertiary alicyclic amines) is 1. The van der Waals surface area contributed by atoms with Crippen LogP contribution in [0.25, 0.3) is 0 Å². The van der Waals surface area contributed by atoms with Crippen molar-refractivity contribution in [1.82, 2.24) is 4.90 Å². The van der Waals surface area contributed by atoms with Gasteiger partial charge in [-0.15, -0.1) is 0 Å². The second kappa shape index (κ2) is 6.26. The minimum atomic E-state index is -0.848. The van der Waals surface area contributed by atoms with Crippen LogP contribution in [0.1, 0.15) is 24.5 Å². The number of nitrogens with one attached hydrogen (secondary N) is 1. The molecular weight excluding hydrogens is 268 g/mol. The maximum Gasteiger partial charge on any atom is 0.321 e. The second-order valence-corrected chi connectivity index (χ2v) is 5.89. The molecule has 1 fully saturated rings. The number of nitrogens with zero attached hydrogens (tertiary/aromatic N) is 1. The highest BCUT2D eigenvalue weighted by molar-refractivity contribution is 5.93. The van der Waals surface area contributed by atoms with Gasteiger partial charge < -0.3 is 10.4 Å². The molecule has 0 spiro atoms. The largest absolute Gasteiger partial charge is 0.480 e. The van der Waals surface area contributed by atoms with Crippen LogP contribution in [0.15, 0.2) is 18.2 Å². The molecule has 2 N–H and O–H groups in total. The van der Waals surface area contributed by atoms with E-state index in [0.29, 0.717) is 6.54 Å². The number of carbonyl (C=O) groups is 2. The van der Waals surface area contributed by atoms with Crippen molar-refractivity contribution < 1.29 is 14.7 Å². The maximum atomic E-state index is 12.2. The number of benzene rings is 1. The summed E-state index contributed by atoms with van der Waals surface area (Å²) in [6, 6.07) is 5.32. The van der Waals surface area contributed by atoms with Crippen molar-refractivity contribution in [2.75, 3.05) is 18.4 Å². The quantitative estimate of drug-likeness (QED) is 0.890. The van der Waals surface area contributed by atoms with Gasteiger partial charge in [0.05, 0.1) is 6.54 Å². The first-order valence-electron chi connectivity index (χ1n) is 7.22. The zero-order chi connectivity index (χ0) is 15.6. The molecule has 1 amide bonds. The first kappa shape index (κ1) is 15.5. The van der Waals surface area contributed by atoms with Crippen molar-refractivity contribution in [1.29, 1.82) is 0 Å². The van der Waals surface area contributed by atoms with Gasteiger partial charge in [0.15, 0.2) is 0 Å². The SMILES string of the molecule is Cc1ccc(C)c(NC(=O)CN2CCC(C)C2C(=O)O)c1. The van der Waals surface area contributed by atoms with Gasteiger partial charge in [0.2, 0.25) is 5.91 Å². The molecule has 1 aliphatic rings. The Hall–Kier alpha value is -1.88. The molecule has 1 aliphatic heterocycles. The van der Waals surface area contributed by atoms with Crippen LogP contribution >= 0.6 is 0 Å². The van der Waals surface area contributed by atoms with Crippen molar-refractivity contribution in [3.05, 3.63) is 29.3 Å². The van der Waals surface area contributed by atoms with E-state index in [1.54, 1.807) is 4.90 Å². The third-order valence-electron chi connectivity index (χ3n) is 4.07. The van der Waals surface area contributed by atoms with Crippen LogP contribution in [-0.2, 0) is 9.59 Å². The van der Waals surface area contributed by atoms with E-state index in [9.17, 15) is 14.7 Å². The van der Waals surface area contributed by atoms with Gasteiger partial charge in [0.1, 0.15) is 6.04 Å². The summed E-state index contributed by atoms with van der Waals surface area (Å²) in [7, 11) is 0. The minimum absolute atomic E-state index is 0.0796. The van der Waals surface area contributed by atoms with Crippen LogP contribution in [0.5, 0.6) is 0 Å². The Kier molecular flexibility index (Phi) is 4.63. The van der Waals surface area contributed by atoms with E-state index in [2.05, 4.69) is 5.32 Å². The van der Waals surface area contributed by atoms with Crippen LogP contribution in [0.4, 0.5) is 5.69 Å². The van der Waals surface area contributed by atoms with E-state index in [0.717, 1.165) is 23.2 Å². The first-order chi connectivity index (χ1) is 9.88. The smallest absolute Gasteiger partial charge is 0.321 e. The van der Waals surface area contributed by atoms with E-state index >= 15 is 0 Å². The van der Waals surface area contributed by atoms with E-state index in [-0.39, 0.29) is 18.4 Å². The average molecular weight is 290 g/mol. The predicted molar refractivity (Wildman–Crippen MR) is 81.3 cm³/mol. The fourth-order valence-electron chi connectivity index (χ4n) is 2.85. The first-order valence-corrected chi connectivity index (χ1v) is 7.22. The van der Waals surface area contributed by atoms with E-state index in [1.807, 2.05) is 39.0 Å². The van der Waals surface area contributed by atoms with Crippen LogP contribution in [0.2, 0.25) is 0 Å². The Morgan fingerprint density at radius 3 is 2.76 bits per heavy atom. The third-order valence-corrected chi connectivity index (χ3v) is 4.07. The number of hydrogen-bond donors (Lipinski definition) is 2. The van der Waals surface area contributed by atoms with Gasteiger partial charge in [-0.05, 0) is 49.9 Å². The summed E-state index contributed by atoms with van der Waals surface area (Å²) < 4.78 is 0. The zero-order valence-electron chi connectivity index (χ0n) is 12.7. The summed E-state index contributed by atoms with van der Waals surface area (Å²) in [6.07, 6.45) is 0.813. The summed E-state index contributed by atoms with van der Waals surface area (Å²) in [6.45, 7) is 6.60. The van der Waals surface area contributed by atoms with E-state index < -0.39 is 12.0 Å². The summed E-state index contributed by atoms with van der Waals surface area (Å²) in [5.41, 5.74) is 2.87. The Labute approximate surface area is 125 Å². The summed E-state index contributed by atoms with van der Waals surface area (Å²) in [5, 5.41) is 12.1. The van der Waals surface area contributed by atoms with Crippen molar-refractivity contribution >= 4 is 17.6 Å². The molecule has 0 saturated carbocycles. The molecule has 0 aromatic heterocycles. The third kappa shape index (κ3) is 3.61. The Balaban J connectivity index is 2.02. The summed E-state index contributed by atoms with van der Waals surface area (Å²) >= 11 is 0. The molecule has 1 heterocycles. The van der Waals surface area contributed by atoms with Crippen molar-refractivity contribution in [3.8, 4) is 0 Å². The van der Waals surface area contributed by atoms with Crippen LogP contribution in [0.3, 0.4) is 0 Å². The fraction of sp³-hybridized carbons (Fsp3) is 0.500. The molecule has 1 saturated heterocycles. The van der Waals surface area contributed by atoms with Crippen molar-refractivity contribution in [2.45, 2.75) is 33.2 Å². The highest BCUT2D eigenvalue weighted by atomic mass is 16.4. The van der Waals surface area contributed by atoms with Gasteiger partial charge in [-0.1, -0.05) is 19.1 Å². The molecule has 5 heteroatoms. The molecule has 2 unspecified atom stereocenters. The van der Waals surface area contributed by atoms with Crippen LogP contribution < -0.4 is 5.32 Å². The molecular formula is C16H22N2O3. The van der Waals surface area contributed by atoms with Gasteiger partial charge in [-0.2, -0.15) is 0 Å².